The van der Waals surface area contributed by atoms with Crippen LogP contribution in [0.1, 0.15) is 0 Å². The first-order valence-electron chi connectivity index (χ1n) is 7.17. The van der Waals surface area contributed by atoms with Crippen molar-refractivity contribution in [2.24, 2.45) is 21.1 Å². The molecule has 24 heavy (non-hydrogen) atoms. The Bertz CT molecular complexity index is 1230. The monoisotopic (exact) mass is 328 g/mol. The molecule has 0 saturated heterocycles. The number of fused-ring (bicyclic) bond motifs is 3. The zero-order valence-corrected chi connectivity index (χ0v) is 13.2. The van der Waals surface area contributed by atoms with Crippen molar-refractivity contribution >= 4 is 16.9 Å². The van der Waals surface area contributed by atoms with Crippen LogP contribution in [0.15, 0.2) is 33.9 Å². The third kappa shape index (κ3) is 1.66. The van der Waals surface area contributed by atoms with Crippen LogP contribution in [0.4, 0.5) is 4.39 Å². The summed E-state index contributed by atoms with van der Waals surface area (Å²) in [4.78, 5) is 24.8. The predicted octanol–water partition coefficient (Wildman–Crippen LogP) is 0.424. The highest BCUT2D eigenvalue weighted by Gasteiger charge is 2.22. The minimum absolute atomic E-state index is 0.341. The van der Waals surface area contributed by atoms with E-state index in [1.807, 2.05) is 0 Å². The second-order valence-corrected chi connectivity index (χ2v) is 5.60. The van der Waals surface area contributed by atoms with Crippen LogP contribution < -0.4 is 11.2 Å². The van der Waals surface area contributed by atoms with Gasteiger partial charge in [-0.2, -0.15) is 0 Å². The fourth-order valence-corrected chi connectivity index (χ4v) is 2.94. The van der Waals surface area contributed by atoms with Crippen LogP contribution in [-0.4, -0.2) is 28.3 Å². The first-order chi connectivity index (χ1) is 11.4. The average Bonchev–Trinajstić information content (AvgIpc) is 3.11. The van der Waals surface area contributed by atoms with Crippen molar-refractivity contribution in [3.8, 4) is 11.4 Å². The molecule has 0 aliphatic heterocycles. The molecule has 0 aliphatic rings. The molecule has 4 aromatic rings. The average molecular weight is 328 g/mol. The van der Waals surface area contributed by atoms with Crippen LogP contribution in [-0.2, 0) is 21.1 Å². The minimum atomic E-state index is -0.446. The molecule has 3 aromatic heterocycles. The Morgan fingerprint density at radius 1 is 0.917 bits per heavy atom. The maximum atomic E-state index is 13.2. The van der Waals surface area contributed by atoms with Gasteiger partial charge >= 0.3 is 5.69 Å². The Hall–Kier alpha value is -3.23. The van der Waals surface area contributed by atoms with Gasteiger partial charge in [-0.1, -0.05) is 0 Å². The molecule has 1 aromatic carbocycles. The molecule has 0 spiro atoms. The molecule has 0 unspecified atom stereocenters. The third-order valence-electron chi connectivity index (χ3n) is 4.21. The van der Waals surface area contributed by atoms with Crippen molar-refractivity contribution < 1.29 is 4.39 Å². The summed E-state index contributed by atoms with van der Waals surface area (Å²) in [6.07, 6.45) is 0. The van der Waals surface area contributed by atoms with E-state index >= 15 is 0 Å². The molecule has 0 saturated carbocycles. The number of rotatable bonds is 1. The fourth-order valence-electron chi connectivity index (χ4n) is 2.94. The molecule has 0 amide bonds. The summed E-state index contributed by atoms with van der Waals surface area (Å²) in [7, 11) is 4.70. The number of benzene rings is 1. The number of halogens is 1. The van der Waals surface area contributed by atoms with E-state index in [-0.39, 0.29) is 5.82 Å². The smallest absolute Gasteiger partial charge is 0.305 e. The molecule has 0 aliphatic carbocycles. The predicted molar refractivity (Wildman–Crippen MR) is 85.3 cm³/mol. The zero-order chi connectivity index (χ0) is 17.2. The van der Waals surface area contributed by atoms with Crippen LogP contribution in [0.2, 0.25) is 0 Å². The lowest BCUT2D eigenvalue weighted by atomic mass is 10.2. The van der Waals surface area contributed by atoms with Crippen molar-refractivity contribution in [1.82, 2.24) is 28.3 Å². The SMILES string of the molecule is Cn1c(=O)c2c(n(C)c1=O)n1c(-c3ccc(F)cc3)nnc1n2C. The number of aryl methyl sites for hydroxylation is 2. The topological polar surface area (TPSA) is 79.1 Å². The summed E-state index contributed by atoms with van der Waals surface area (Å²) in [6.45, 7) is 0. The van der Waals surface area contributed by atoms with E-state index in [1.54, 1.807) is 35.2 Å². The number of hydrogen-bond acceptors (Lipinski definition) is 4. The van der Waals surface area contributed by atoms with Crippen molar-refractivity contribution in [3.63, 3.8) is 0 Å². The lowest BCUT2D eigenvalue weighted by molar-refractivity contribution is 0.628. The summed E-state index contributed by atoms with van der Waals surface area (Å²) in [6, 6.07) is 5.78. The Balaban J connectivity index is 2.24. The van der Waals surface area contributed by atoms with Gasteiger partial charge < -0.3 is 4.57 Å². The van der Waals surface area contributed by atoms with Crippen LogP contribution in [0.5, 0.6) is 0 Å². The summed E-state index contributed by atoms with van der Waals surface area (Å²) in [5.74, 6) is 0.486. The molecular weight excluding hydrogens is 315 g/mol. The number of aromatic nitrogens is 6. The van der Waals surface area contributed by atoms with E-state index in [4.69, 9.17) is 0 Å². The van der Waals surface area contributed by atoms with E-state index in [0.717, 1.165) is 4.57 Å². The van der Waals surface area contributed by atoms with Gasteiger partial charge in [-0.25, -0.2) is 13.6 Å². The Kier molecular flexibility index (Phi) is 2.77. The number of nitrogens with zero attached hydrogens (tertiary/aromatic N) is 6. The highest BCUT2D eigenvalue weighted by atomic mass is 19.1. The van der Waals surface area contributed by atoms with Gasteiger partial charge in [-0.15, -0.1) is 10.2 Å². The first kappa shape index (κ1) is 14.4. The Labute approximate surface area is 134 Å². The highest BCUT2D eigenvalue weighted by molar-refractivity contribution is 5.79. The maximum Gasteiger partial charge on any atom is 0.332 e. The lowest BCUT2D eigenvalue weighted by Crippen LogP contribution is -2.37. The van der Waals surface area contributed by atoms with Gasteiger partial charge in [0.25, 0.3) is 5.56 Å². The van der Waals surface area contributed by atoms with Crippen molar-refractivity contribution in [3.05, 3.63) is 50.9 Å². The van der Waals surface area contributed by atoms with Crippen molar-refractivity contribution in [2.75, 3.05) is 0 Å². The summed E-state index contributed by atoms with van der Waals surface area (Å²) >= 11 is 0. The molecule has 0 N–H and O–H groups in total. The van der Waals surface area contributed by atoms with Gasteiger partial charge in [0.05, 0.1) is 0 Å². The molecule has 4 rings (SSSR count). The quantitative estimate of drug-likeness (QED) is 0.507. The van der Waals surface area contributed by atoms with Crippen LogP contribution in [0.25, 0.3) is 28.3 Å². The molecular formula is C15H13FN6O2. The van der Waals surface area contributed by atoms with Gasteiger partial charge in [0.1, 0.15) is 5.82 Å². The largest absolute Gasteiger partial charge is 0.332 e. The van der Waals surface area contributed by atoms with Gasteiger partial charge in [0.2, 0.25) is 5.78 Å². The summed E-state index contributed by atoms with van der Waals surface area (Å²) in [5.41, 5.74) is 0.507. The molecule has 0 bridgehead atoms. The van der Waals surface area contributed by atoms with Crippen molar-refractivity contribution in [2.45, 2.75) is 0 Å². The number of imidazole rings is 1. The van der Waals surface area contributed by atoms with E-state index in [1.165, 1.54) is 23.7 Å². The molecule has 8 nitrogen and oxygen atoms in total. The highest BCUT2D eigenvalue weighted by Crippen LogP contribution is 2.23. The van der Waals surface area contributed by atoms with Gasteiger partial charge in [0.15, 0.2) is 17.0 Å². The Morgan fingerprint density at radius 3 is 2.25 bits per heavy atom. The van der Waals surface area contributed by atoms with Gasteiger partial charge in [0, 0.05) is 26.7 Å². The summed E-state index contributed by atoms with van der Waals surface area (Å²) < 4.78 is 18.8. The second kappa shape index (κ2) is 4.63. The standard InChI is InChI=1S/C15H13FN6O2/c1-19-10-12(20(2)15(24)21(3)13(10)23)22-11(17-18-14(19)22)8-4-6-9(16)7-5-8/h4-7H,1-3H3. The number of hydrogen-bond donors (Lipinski definition) is 0. The summed E-state index contributed by atoms with van der Waals surface area (Å²) in [5, 5.41) is 8.25. The van der Waals surface area contributed by atoms with E-state index in [0.29, 0.717) is 28.3 Å². The van der Waals surface area contributed by atoms with Crippen LogP contribution >= 0.6 is 0 Å². The van der Waals surface area contributed by atoms with E-state index in [9.17, 15) is 14.0 Å². The van der Waals surface area contributed by atoms with Crippen molar-refractivity contribution in [1.29, 1.82) is 0 Å². The van der Waals surface area contributed by atoms with E-state index < -0.39 is 11.2 Å². The fraction of sp³-hybridized carbons (Fsp3) is 0.200. The zero-order valence-electron chi connectivity index (χ0n) is 13.2. The lowest BCUT2D eigenvalue weighted by Gasteiger charge is -2.05. The van der Waals surface area contributed by atoms with Crippen LogP contribution in [0, 0.1) is 5.82 Å². The molecule has 9 heteroatoms. The molecule has 0 radical (unpaired) electrons. The van der Waals surface area contributed by atoms with E-state index in [2.05, 4.69) is 10.2 Å². The second-order valence-electron chi connectivity index (χ2n) is 5.60. The van der Waals surface area contributed by atoms with Gasteiger partial charge in [-0.05, 0) is 24.3 Å². The molecule has 0 fully saturated rings. The molecule has 0 atom stereocenters. The maximum absolute atomic E-state index is 13.2. The first-order valence-corrected chi connectivity index (χ1v) is 7.17. The normalized spacial score (nSPS) is 11.7. The van der Waals surface area contributed by atoms with Gasteiger partial charge in [-0.3, -0.25) is 13.9 Å². The van der Waals surface area contributed by atoms with Crippen LogP contribution in [0.3, 0.4) is 0 Å². The Morgan fingerprint density at radius 2 is 1.58 bits per heavy atom. The molecule has 122 valence electrons. The third-order valence-corrected chi connectivity index (χ3v) is 4.21. The minimum Gasteiger partial charge on any atom is -0.305 e. The molecule has 3 heterocycles.